The van der Waals surface area contributed by atoms with Crippen molar-refractivity contribution in [1.82, 2.24) is 8.61 Å². The molecule has 0 bridgehead atoms. The molecule has 1 aliphatic rings. The van der Waals surface area contributed by atoms with E-state index in [1.54, 1.807) is 13.8 Å². The van der Waals surface area contributed by atoms with Gasteiger partial charge < -0.3 is 14.6 Å². The van der Waals surface area contributed by atoms with Gasteiger partial charge in [-0.05, 0) is 38.1 Å². The molecule has 1 unspecified atom stereocenters. The van der Waals surface area contributed by atoms with Crippen LogP contribution in [0.1, 0.15) is 11.1 Å². The highest BCUT2D eigenvalue weighted by molar-refractivity contribution is 7.91. The first-order chi connectivity index (χ1) is 20.1. The number of hydrogen-bond donors (Lipinski definition) is 1. The quantitative estimate of drug-likeness (QED) is 0.122. The number of carbonyl (C=O) groups excluding carboxylic acids is 3. The van der Waals surface area contributed by atoms with Crippen molar-refractivity contribution in [3.05, 3.63) is 70.9 Å². The van der Waals surface area contributed by atoms with Gasteiger partial charge in [-0.25, -0.2) is 26.4 Å². The van der Waals surface area contributed by atoms with E-state index in [0.717, 1.165) is 59.8 Å². The number of aliphatic hydroxyl groups excluding tert-OH is 1. The molecule has 0 spiro atoms. The van der Waals surface area contributed by atoms with Gasteiger partial charge in [0.1, 0.15) is 0 Å². The van der Waals surface area contributed by atoms with Crippen LogP contribution in [-0.2, 0) is 52.7 Å². The van der Waals surface area contributed by atoms with Crippen molar-refractivity contribution in [1.29, 1.82) is 0 Å². The van der Waals surface area contributed by atoms with Crippen LogP contribution in [0.4, 0.5) is 4.79 Å². The number of amides is 3. The molecule has 1 aliphatic heterocycles. The number of urea groups is 1. The highest BCUT2D eigenvalue weighted by Crippen LogP contribution is 2.72. The minimum Gasteiger partial charge on any atom is -0.478 e. The third kappa shape index (κ3) is 5.15. The van der Waals surface area contributed by atoms with Gasteiger partial charge in [-0.2, -0.15) is 17.9 Å². The number of imide groups is 1. The second-order valence-electron chi connectivity index (χ2n) is 8.86. The molecule has 2 aromatic rings. The van der Waals surface area contributed by atoms with E-state index in [9.17, 15) is 36.3 Å². The van der Waals surface area contributed by atoms with Gasteiger partial charge in [-0.15, -0.1) is 4.31 Å². The smallest absolute Gasteiger partial charge is 0.454 e. The highest BCUT2D eigenvalue weighted by atomic mass is 32.2. The average molecular weight is 662 g/mol. The van der Waals surface area contributed by atoms with Crippen molar-refractivity contribution in [3.63, 3.8) is 0 Å². The third-order valence-corrected chi connectivity index (χ3v) is 12.4. The molecule has 0 saturated carbocycles. The lowest BCUT2D eigenvalue weighted by Crippen LogP contribution is -2.60. The van der Waals surface area contributed by atoms with E-state index in [2.05, 4.69) is 0 Å². The zero-order valence-electron chi connectivity index (χ0n) is 24.1. The van der Waals surface area contributed by atoms with E-state index in [4.69, 9.17) is 23.0 Å². The molecular weight excluding hydrogens is 631 g/mol. The summed E-state index contributed by atoms with van der Waals surface area (Å²) in [5.74, 6) is -5.16. The van der Waals surface area contributed by atoms with E-state index in [1.807, 2.05) is 0 Å². The fraction of sp³-hybridized carbons (Fsp3) is 0.320. The molecular formula is C25H30N2O13PS2+. The molecule has 0 radical (unpaired) electrons. The number of carbonyl (C=O) groups is 3. The molecule has 1 fully saturated rings. The standard InChI is InChI=1S/C25H29N2O13PS2/c1-16-8-12-18(13-9-16)42(32,33)26-22(29)25(23(30)37-4,20(21(28)36-3)41(38-5,39-6)40-7)27(24(26)31)43(34,35)19-14-10-17(2)11-15-19/h8-15H,1-7H3/p+1/b21-20+. The Balaban J connectivity index is 2.61. The summed E-state index contributed by atoms with van der Waals surface area (Å²) < 4.78 is 81.3. The normalized spacial score (nSPS) is 18.5. The summed E-state index contributed by atoms with van der Waals surface area (Å²) in [7, 11) is -10.5. The van der Waals surface area contributed by atoms with Crippen LogP contribution in [0.15, 0.2) is 69.6 Å². The van der Waals surface area contributed by atoms with E-state index >= 15 is 0 Å². The van der Waals surface area contributed by atoms with Crippen molar-refractivity contribution >= 4 is 45.9 Å². The second-order valence-corrected chi connectivity index (χ2v) is 15.0. The summed E-state index contributed by atoms with van der Waals surface area (Å²) in [4.78, 5) is 41.3. The number of esters is 1. The average Bonchev–Trinajstić information content (AvgIpc) is 3.22. The fourth-order valence-electron chi connectivity index (χ4n) is 4.35. The molecule has 234 valence electrons. The van der Waals surface area contributed by atoms with Crippen LogP contribution in [0.5, 0.6) is 0 Å². The molecule has 43 heavy (non-hydrogen) atoms. The van der Waals surface area contributed by atoms with E-state index in [0.29, 0.717) is 11.1 Å². The number of hydrogen-bond acceptors (Lipinski definition) is 13. The number of aryl methyl sites for hydroxylation is 2. The Labute approximate surface area is 249 Å². The summed E-state index contributed by atoms with van der Waals surface area (Å²) in [6.07, 6.45) is 0. The summed E-state index contributed by atoms with van der Waals surface area (Å²) in [5, 5.41) is 9.86. The predicted molar refractivity (Wildman–Crippen MR) is 150 cm³/mol. The van der Waals surface area contributed by atoms with Gasteiger partial charge in [0.25, 0.3) is 31.3 Å². The van der Waals surface area contributed by atoms with Crippen molar-refractivity contribution in [2.75, 3.05) is 35.5 Å². The molecule has 15 nitrogen and oxygen atoms in total. The molecule has 3 amide bonds. The number of rotatable bonds is 11. The monoisotopic (exact) mass is 661 g/mol. The van der Waals surface area contributed by atoms with Gasteiger partial charge in [-0.1, -0.05) is 35.4 Å². The number of ether oxygens (including phenoxy) is 2. The predicted octanol–water partition coefficient (Wildman–Crippen LogP) is 2.63. The Morgan fingerprint density at radius 3 is 1.53 bits per heavy atom. The van der Waals surface area contributed by atoms with E-state index in [-0.39, 0.29) is 4.31 Å². The molecule has 0 aromatic heterocycles. The SMILES string of the molecule is COC(=O)C1(/C(=C(/O)OC)[P+](OC)(OC)OC)C(=O)N(S(=O)(=O)c2ccc(C)cc2)C(=O)N1S(=O)(=O)c1ccc(C)cc1. The second kappa shape index (κ2) is 12.2. The third-order valence-electron chi connectivity index (χ3n) is 6.48. The topological polar surface area (TPSA) is 192 Å². The molecule has 1 heterocycles. The van der Waals surface area contributed by atoms with Crippen LogP contribution in [0.3, 0.4) is 0 Å². The Bertz CT molecular complexity index is 1660. The minimum absolute atomic E-state index is 0.305. The lowest BCUT2D eigenvalue weighted by Gasteiger charge is -2.33. The van der Waals surface area contributed by atoms with E-state index < -0.39 is 76.8 Å². The number of nitrogens with zero attached hydrogens (tertiary/aromatic N) is 2. The van der Waals surface area contributed by atoms with Crippen LogP contribution in [0.25, 0.3) is 0 Å². The van der Waals surface area contributed by atoms with Crippen molar-refractivity contribution < 1.29 is 59.4 Å². The number of aliphatic hydroxyl groups is 1. The summed E-state index contributed by atoms with van der Waals surface area (Å²) >= 11 is 0. The van der Waals surface area contributed by atoms with Gasteiger partial charge in [-0.3, -0.25) is 4.79 Å². The maximum absolute atomic E-state index is 14.5. The van der Waals surface area contributed by atoms with Gasteiger partial charge >= 0.3 is 31.4 Å². The molecule has 3 rings (SSSR count). The van der Waals surface area contributed by atoms with Crippen LogP contribution in [0, 0.1) is 13.8 Å². The Morgan fingerprint density at radius 1 is 0.744 bits per heavy atom. The fourth-order valence-corrected chi connectivity index (χ4v) is 9.38. The maximum atomic E-state index is 14.5. The first-order valence-corrected chi connectivity index (χ1v) is 16.5. The summed E-state index contributed by atoms with van der Waals surface area (Å²) in [5.41, 5.74) is -2.44. The van der Waals surface area contributed by atoms with Crippen LogP contribution in [0.2, 0.25) is 0 Å². The van der Waals surface area contributed by atoms with Crippen LogP contribution in [-0.4, -0.2) is 89.5 Å². The van der Waals surface area contributed by atoms with Crippen LogP contribution < -0.4 is 0 Å². The largest absolute Gasteiger partial charge is 0.478 e. The highest BCUT2D eigenvalue weighted by Gasteiger charge is 2.81. The van der Waals surface area contributed by atoms with E-state index in [1.165, 1.54) is 24.3 Å². The molecule has 1 atom stereocenters. The molecule has 0 aliphatic carbocycles. The summed E-state index contributed by atoms with van der Waals surface area (Å²) in [6, 6.07) is 7.71. The Kier molecular flexibility index (Phi) is 9.60. The molecule has 1 N–H and O–H groups in total. The van der Waals surface area contributed by atoms with Gasteiger partial charge in [0.05, 0.1) is 45.3 Å². The Hall–Kier alpha value is -3.60. The van der Waals surface area contributed by atoms with Gasteiger partial charge in [0.15, 0.2) is 0 Å². The zero-order chi connectivity index (χ0) is 32.5. The first kappa shape index (κ1) is 33.9. The number of benzene rings is 2. The zero-order valence-corrected chi connectivity index (χ0v) is 26.7. The lowest BCUT2D eigenvalue weighted by atomic mass is 9.99. The van der Waals surface area contributed by atoms with Crippen molar-refractivity contribution in [3.8, 4) is 0 Å². The van der Waals surface area contributed by atoms with Gasteiger partial charge in [0.2, 0.25) is 0 Å². The van der Waals surface area contributed by atoms with Crippen molar-refractivity contribution in [2.45, 2.75) is 29.2 Å². The van der Waals surface area contributed by atoms with Gasteiger partial charge in [0, 0.05) is 0 Å². The van der Waals surface area contributed by atoms with Crippen molar-refractivity contribution in [2.24, 2.45) is 0 Å². The first-order valence-electron chi connectivity index (χ1n) is 12.0. The molecule has 2 aromatic carbocycles. The Morgan fingerprint density at radius 2 is 1.16 bits per heavy atom. The van der Waals surface area contributed by atoms with Crippen LogP contribution >= 0.6 is 7.94 Å². The molecule has 18 heteroatoms. The number of methoxy groups -OCH3 is 2. The summed E-state index contributed by atoms with van der Waals surface area (Å²) in [6.45, 7) is 3.29. The molecule has 1 saturated heterocycles. The maximum Gasteiger partial charge on any atom is 0.454 e. The minimum atomic E-state index is -5.35. The lowest BCUT2D eigenvalue weighted by molar-refractivity contribution is -0.153. The number of sulfonamides is 2.